The number of benzene rings is 1. The quantitative estimate of drug-likeness (QED) is 0.360. The normalized spacial score (nSPS) is 12.7. The van der Waals surface area contributed by atoms with Crippen molar-refractivity contribution in [3.63, 3.8) is 0 Å². The number of fused-ring (bicyclic) bond motifs is 1. The van der Waals surface area contributed by atoms with Crippen molar-refractivity contribution in [3.05, 3.63) is 36.0 Å². The minimum Gasteiger partial charge on any atom is -0.316 e. The molecule has 30 heavy (non-hydrogen) atoms. The summed E-state index contributed by atoms with van der Waals surface area (Å²) in [6.45, 7) is 5.17. The largest absolute Gasteiger partial charge is 0.433 e. The molecule has 5 nitrogen and oxygen atoms in total. The third-order valence-corrected chi connectivity index (χ3v) is 7.36. The number of nitrogens with one attached hydrogen (secondary N) is 2. The Balaban J connectivity index is 1.71. The van der Waals surface area contributed by atoms with Gasteiger partial charge in [-0.25, -0.2) is 18.1 Å². The van der Waals surface area contributed by atoms with Gasteiger partial charge in [0, 0.05) is 29.1 Å². The lowest BCUT2D eigenvalue weighted by Crippen LogP contribution is -2.31. The van der Waals surface area contributed by atoms with Gasteiger partial charge in [-0.2, -0.15) is 13.2 Å². The molecule has 168 valence electrons. The number of hydrogen-bond acceptors (Lipinski definition) is 5. The average molecular weight is 464 g/mol. The highest BCUT2D eigenvalue weighted by atomic mass is 32.2. The van der Waals surface area contributed by atoms with Crippen LogP contribution in [0.15, 0.2) is 35.2 Å². The second kappa shape index (κ2) is 11.3. The highest BCUT2D eigenvalue weighted by molar-refractivity contribution is 7.99. The van der Waals surface area contributed by atoms with E-state index in [1.54, 1.807) is 38.1 Å². The van der Waals surface area contributed by atoms with Crippen LogP contribution in [0.5, 0.6) is 0 Å². The number of thioether (sulfide) groups is 1. The van der Waals surface area contributed by atoms with Crippen LogP contribution in [0.3, 0.4) is 0 Å². The molecule has 0 radical (unpaired) electrons. The number of alkyl halides is 3. The van der Waals surface area contributed by atoms with Crippen LogP contribution in [0.1, 0.15) is 38.8 Å². The second-order valence-electron chi connectivity index (χ2n) is 7.17. The van der Waals surface area contributed by atoms with Crippen molar-refractivity contribution in [3.8, 4) is 0 Å². The van der Waals surface area contributed by atoms with E-state index in [0.29, 0.717) is 29.3 Å². The minimum atomic E-state index is -4.47. The monoisotopic (exact) mass is 463 g/mol. The van der Waals surface area contributed by atoms with Gasteiger partial charge in [0.25, 0.3) is 0 Å². The molecule has 0 fully saturated rings. The van der Waals surface area contributed by atoms with Gasteiger partial charge < -0.3 is 5.32 Å². The fraction of sp³-hybridized carbons (Fsp3) is 0.550. The topological polar surface area (TPSA) is 71.1 Å². The molecule has 2 aromatic rings. The molecule has 0 saturated carbocycles. The van der Waals surface area contributed by atoms with Crippen LogP contribution in [-0.2, 0) is 16.2 Å². The summed E-state index contributed by atoms with van der Waals surface area (Å²) < 4.78 is 65.1. The van der Waals surface area contributed by atoms with Gasteiger partial charge in [0.2, 0.25) is 10.0 Å². The Morgan fingerprint density at radius 1 is 1.07 bits per heavy atom. The molecule has 2 rings (SSSR count). The van der Waals surface area contributed by atoms with Crippen LogP contribution < -0.4 is 10.0 Å². The Morgan fingerprint density at radius 2 is 1.77 bits per heavy atom. The Labute approximate surface area is 180 Å². The fourth-order valence-electron chi connectivity index (χ4n) is 2.70. The van der Waals surface area contributed by atoms with Gasteiger partial charge in [-0.15, -0.1) is 11.8 Å². The van der Waals surface area contributed by atoms with E-state index in [0.717, 1.165) is 37.3 Å². The van der Waals surface area contributed by atoms with Gasteiger partial charge in [0.15, 0.2) is 0 Å². The van der Waals surface area contributed by atoms with Crippen molar-refractivity contribution in [1.29, 1.82) is 0 Å². The first kappa shape index (κ1) is 24.9. The van der Waals surface area contributed by atoms with Crippen molar-refractivity contribution in [2.75, 3.05) is 25.4 Å². The van der Waals surface area contributed by atoms with Crippen LogP contribution in [0.4, 0.5) is 13.2 Å². The van der Waals surface area contributed by atoms with E-state index in [9.17, 15) is 21.6 Å². The molecular formula is C20H28F3N3O2S2. The molecule has 1 heterocycles. The maximum Gasteiger partial charge on any atom is 0.433 e. The lowest BCUT2D eigenvalue weighted by Gasteiger charge is -2.12. The number of unbranched alkanes of at least 4 members (excludes halogenated alkanes) is 2. The number of halogens is 3. The predicted molar refractivity (Wildman–Crippen MR) is 116 cm³/mol. The zero-order valence-corrected chi connectivity index (χ0v) is 18.8. The van der Waals surface area contributed by atoms with Crippen LogP contribution in [-0.4, -0.2) is 44.0 Å². The summed E-state index contributed by atoms with van der Waals surface area (Å²) in [7, 11) is -3.20. The molecule has 0 saturated heterocycles. The summed E-state index contributed by atoms with van der Waals surface area (Å²) >= 11 is 1.38. The van der Waals surface area contributed by atoms with E-state index < -0.39 is 27.1 Å². The maximum absolute atomic E-state index is 13.1. The molecule has 0 amide bonds. The van der Waals surface area contributed by atoms with Gasteiger partial charge in [0.1, 0.15) is 5.69 Å². The molecule has 1 aromatic heterocycles. The van der Waals surface area contributed by atoms with E-state index >= 15 is 0 Å². The minimum absolute atomic E-state index is 0.343. The zero-order chi connectivity index (χ0) is 22.2. The van der Waals surface area contributed by atoms with Crippen molar-refractivity contribution < 1.29 is 21.6 Å². The molecular weight excluding hydrogens is 435 g/mol. The van der Waals surface area contributed by atoms with E-state index in [1.165, 1.54) is 11.8 Å². The molecule has 2 N–H and O–H groups in total. The van der Waals surface area contributed by atoms with Crippen LogP contribution in [0, 0.1) is 0 Å². The van der Waals surface area contributed by atoms with Crippen molar-refractivity contribution in [2.45, 2.75) is 49.4 Å². The summed E-state index contributed by atoms with van der Waals surface area (Å²) in [4.78, 5) is 4.30. The smallest absolute Gasteiger partial charge is 0.316 e. The number of nitrogens with zero attached hydrogens (tertiary/aromatic N) is 1. The third-order valence-electron chi connectivity index (χ3n) is 4.46. The predicted octanol–water partition coefficient (Wildman–Crippen LogP) is 4.43. The summed E-state index contributed by atoms with van der Waals surface area (Å²) in [5, 5.41) is 3.57. The Kier molecular flexibility index (Phi) is 9.39. The van der Waals surface area contributed by atoms with Crippen molar-refractivity contribution in [1.82, 2.24) is 15.0 Å². The summed E-state index contributed by atoms with van der Waals surface area (Å²) in [6.07, 6.45) is -1.90. The Hall–Kier alpha value is -1.36. The second-order valence-corrected chi connectivity index (χ2v) is 10.6. The zero-order valence-electron chi connectivity index (χ0n) is 17.1. The fourth-order valence-corrected chi connectivity index (χ4v) is 4.45. The standard InChI is InChI=1S/C20H28F3N3O2S2/c1-15(2)30(27,28)25-11-7-3-6-10-24-12-13-29-18-14-19(20(21,22)23)26-17-9-5-4-8-16(17)18/h4-5,8-9,14-15,24-25H,3,6-7,10-13H2,1-2H3. The molecule has 0 spiro atoms. The van der Waals surface area contributed by atoms with E-state index in [-0.39, 0.29) is 0 Å². The molecule has 0 atom stereocenters. The number of para-hydroxylation sites is 1. The number of sulfonamides is 1. The van der Waals surface area contributed by atoms with E-state index in [4.69, 9.17) is 0 Å². The van der Waals surface area contributed by atoms with Gasteiger partial charge >= 0.3 is 6.18 Å². The first-order chi connectivity index (χ1) is 14.1. The van der Waals surface area contributed by atoms with Gasteiger partial charge in [-0.1, -0.05) is 24.6 Å². The van der Waals surface area contributed by atoms with E-state index in [2.05, 4.69) is 15.0 Å². The number of rotatable bonds is 12. The molecule has 0 aliphatic rings. The van der Waals surface area contributed by atoms with Gasteiger partial charge in [-0.05, 0) is 45.4 Å². The van der Waals surface area contributed by atoms with Gasteiger partial charge in [-0.3, -0.25) is 0 Å². The first-order valence-electron chi connectivity index (χ1n) is 9.90. The lowest BCUT2D eigenvalue weighted by atomic mass is 10.2. The molecule has 10 heteroatoms. The average Bonchev–Trinajstić information content (AvgIpc) is 2.68. The van der Waals surface area contributed by atoms with E-state index in [1.807, 2.05) is 0 Å². The van der Waals surface area contributed by atoms with Crippen LogP contribution in [0.2, 0.25) is 0 Å². The molecule has 0 aliphatic heterocycles. The van der Waals surface area contributed by atoms with Crippen LogP contribution in [0.25, 0.3) is 10.9 Å². The molecule has 0 unspecified atom stereocenters. The number of pyridine rings is 1. The first-order valence-corrected chi connectivity index (χ1v) is 12.4. The highest BCUT2D eigenvalue weighted by Gasteiger charge is 2.33. The summed E-state index contributed by atoms with van der Waals surface area (Å²) in [5.41, 5.74) is -0.527. The van der Waals surface area contributed by atoms with Crippen LogP contribution >= 0.6 is 11.8 Å². The SMILES string of the molecule is CC(C)S(=O)(=O)NCCCCCNCCSc1cc(C(F)(F)F)nc2ccccc12. The number of aromatic nitrogens is 1. The number of hydrogen-bond donors (Lipinski definition) is 2. The summed E-state index contributed by atoms with van der Waals surface area (Å²) in [6, 6.07) is 7.96. The highest BCUT2D eigenvalue weighted by Crippen LogP contribution is 2.34. The Bertz CT molecular complexity index is 919. The third kappa shape index (κ3) is 7.72. The van der Waals surface area contributed by atoms with Gasteiger partial charge in [0.05, 0.1) is 10.8 Å². The summed E-state index contributed by atoms with van der Waals surface area (Å²) in [5.74, 6) is 0.638. The maximum atomic E-state index is 13.1. The molecule has 0 bridgehead atoms. The molecule has 1 aromatic carbocycles. The lowest BCUT2D eigenvalue weighted by molar-refractivity contribution is -0.141. The van der Waals surface area contributed by atoms with Crippen molar-refractivity contribution in [2.24, 2.45) is 0 Å². The van der Waals surface area contributed by atoms with Crippen molar-refractivity contribution >= 4 is 32.7 Å². The Morgan fingerprint density at radius 3 is 2.47 bits per heavy atom. The molecule has 0 aliphatic carbocycles.